The molecule has 12 unspecified atom stereocenters. The van der Waals surface area contributed by atoms with E-state index >= 15 is 0 Å². The van der Waals surface area contributed by atoms with E-state index in [2.05, 4.69) is 90.1 Å². The molecule has 2 aliphatic heterocycles. The number of carboxylic acids is 2. The number of benzene rings is 2. The minimum absolute atomic E-state index is 0.0807. The molecule has 4 saturated carbocycles. The molecule has 328 valence electrons. The van der Waals surface area contributed by atoms with Gasteiger partial charge in [0.25, 0.3) is 0 Å². The summed E-state index contributed by atoms with van der Waals surface area (Å²) < 4.78 is 14.9. The van der Waals surface area contributed by atoms with Crippen LogP contribution in [-0.2, 0) is 28.9 Å². The van der Waals surface area contributed by atoms with Crippen LogP contribution in [0.3, 0.4) is 0 Å². The molecule has 6 nitrogen and oxygen atoms in total. The van der Waals surface area contributed by atoms with Gasteiger partial charge in [0.15, 0.2) is 0 Å². The molecule has 0 saturated heterocycles. The van der Waals surface area contributed by atoms with E-state index in [-0.39, 0.29) is 34.5 Å². The number of ether oxygens (including phenoxy) is 2. The Morgan fingerprint density at radius 1 is 0.623 bits per heavy atom. The summed E-state index contributed by atoms with van der Waals surface area (Å²) in [6.07, 6.45) is 19.3. The van der Waals surface area contributed by atoms with Crippen LogP contribution in [0.15, 0.2) is 59.7 Å². The van der Waals surface area contributed by atoms with Crippen LogP contribution < -0.4 is 9.47 Å². The van der Waals surface area contributed by atoms with Gasteiger partial charge in [-0.2, -0.15) is 0 Å². The number of fused-ring (bicyclic) bond motifs is 6. The van der Waals surface area contributed by atoms with Gasteiger partial charge in [-0.3, -0.25) is 9.59 Å². The standard InChI is InChI=1S/C55H72O6/c1-32(2)36-13-17-44-50(5)19-9-21-52(7,48(56)57)46(50)28-40-26-38-24-34(11-15-42(38)60-54(40,44)30-36)23-35-12-16-43-39(25-35)27-41-29-47-51(6,20-10-22-53(47,8)49(58)59)45-18-14-37(33(3)4)31-55(41,45)61-43/h11-12,15-16,24-25,30-33,40-41,44-47H,9-10,13-14,17-23,26-29H2,1-8H3,(H,56,57)(H,58,59). The topological polar surface area (TPSA) is 93.1 Å². The quantitative estimate of drug-likeness (QED) is 0.282. The van der Waals surface area contributed by atoms with E-state index in [0.29, 0.717) is 23.7 Å². The number of carbonyl (C=O) groups is 2. The van der Waals surface area contributed by atoms with E-state index in [0.717, 1.165) is 108 Å². The van der Waals surface area contributed by atoms with E-state index < -0.39 is 34.0 Å². The monoisotopic (exact) mass is 829 g/mol. The van der Waals surface area contributed by atoms with Crippen molar-refractivity contribution >= 4 is 11.9 Å². The third-order valence-electron chi connectivity index (χ3n) is 19.8. The molecule has 6 aliphatic carbocycles. The summed E-state index contributed by atoms with van der Waals surface area (Å²) in [6, 6.07) is 13.8. The summed E-state index contributed by atoms with van der Waals surface area (Å²) in [5.74, 6) is 2.98. The van der Waals surface area contributed by atoms with Crippen molar-refractivity contribution < 1.29 is 29.3 Å². The Morgan fingerprint density at radius 2 is 1.03 bits per heavy atom. The van der Waals surface area contributed by atoms with Crippen molar-refractivity contribution in [2.75, 3.05) is 0 Å². The molecule has 0 radical (unpaired) electrons. The van der Waals surface area contributed by atoms with Gasteiger partial charge < -0.3 is 19.7 Å². The Balaban J connectivity index is 0.967. The molecule has 0 amide bonds. The van der Waals surface area contributed by atoms with Crippen LogP contribution in [0.5, 0.6) is 11.5 Å². The van der Waals surface area contributed by atoms with Crippen LogP contribution in [0.2, 0.25) is 0 Å². The first-order chi connectivity index (χ1) is 28.9. The highest BCUT2D eigenvalue weighted by Crippen LogP contribution is 2.70. The van der Waals surface area contributed by atoms with Gasteiger partial charge in [-0.1, -0.05) is 89.8 Å². The van der Waals surface area contributed by atoms with Crippen molar-refractivity contribution in [3.05, 3.63) is 82.0 Å². The summed E-state index contributed by atoms with van der Waals surface area (Å²) in [6.45, 7) is 18.2. The maximum absolute atomic E-state index is 13.1. The first kappa shape index (κ1) is 41.5. The van der Waals surface area contributed by atoms with E-state index in [1.54, 1.807) is 0 Å². The molecule has 2 aromatic carbocycles. The van der Waals surface area contributed by atoms with Gasteiger partial charge in [-0.05, 0) is 178 Å². The Labute approximate surface area is 365 Å². The molecule has 0 bridgehead atoms. The molecule has 0 aromatic heterocycles. The normalized spacial score (nSPS) is 42.0. The lowest BCUT2D eigenvalue weighted by Gasteiger charge is -2.66. The number of allylic oxidation sites excluding steroid dienone is 2. The van der Waals surface area contributed by atoms with Crippen molar-refractivity contribution in [2.45, 2.75) is 163 Å². The number of hydrogen-bond donors (Lipinski definition) is 2. The molecule has 2 spiro atoms. The van der Waals surface area contributed by atoms with Crippen LogP contribution in [0.1, 0.15) is 155 Å². The number of rotatable bonds is 6. The maximum Gasteiger partial charge on any atom is 0.309 e. The largest absolute Gasteiger partial charge is 0.482 e. The fraction of sp³-hybridized carbons (Fsp3) is 0.673. The lowest BCUT2D eigenvalue weighted by molar-refractivity contribution is -0.199. The number of aliphatic carboxylic acids is 2. The van der Waals surface area contributed by atoms with Crippen molar-refractivity contribution in [3.63, 3.8) is 0 Å². The van der Waals surface area contributed by atoms with Gasteiger partial charge in [0.05, 0.1) is 10.8 Å². The van der Waals surface area contributed by atoms with Gasteiger partial charge >= 0.3 is 11.9 Å². The van der Waals surface area contributed by atoms with Crippen LogP contribution in [-0.4, -0.2) is 33.4 Å². The molecular weight excluding hydrogens is 757 g/mol. The Morgan fingerprint density at radius 3 is 1.41 bits per heavy atom. The van der Waals surface area contributed by atoms with E-state index in [9.17, 15) is 19.8 Å². The minimum Gasteiger partial charge on any atom is -0.482 e. The van der Waals surface area contributed by atoms with Gasteiger partial charge in [0.2, 0.25) is 0 Å². The molecule has 2 aromatic rings. The molecule has 10 rings (SSSR count). The molecule has 61 heavy (non-hydrogen) atoms. The van der Waals surface area contributed by atoms with E-state index in [1.807, 2.05) is 13.8 Å². The predicted molar refractivity (Wildman–Crippen MR) is 240 cm³/mol. The van der Waals surface area contributed by atoms with Crippen molar-refractivity contribution in [1.29, 1.82) is 0 Å². The fourth-order valence-corrected chi connectivity index (χ4v) is 16.6. The van der Waals surface area contributed by atoms with Crippen molar-refractivity contribution in [3.8, 4) is 11.5 Å². The Hall–Kier alpha value is -3.54. The second-order valence-corrected chi connectivity index (χ2v) is 23.4. The zero-order valence-electron chi connectivity index (χ0n) is 38.4. The van der Waals surface area contributed by atoms with E-state index in [1.165, 1.54) is 33.4 Å². The lowest BCUT2D eigenvalue weighted by atomic mass is 9.41. The fourth-order valence-electron chi connectivity index (χ4n) is 16.6. The SMILES string of the molecule is CC(C)C1=CC23Oc4ccc(Cc5ccc6c(c5)CC5CC7C(C)(C(=O)O)CCCC7(C)C7CCC(C(C)C)=CC57O6)cc4CC2CC2C(C)(C(=O)O)CCCC2(C)C3CC1. The van der Waals surface area contributed by atoms with Crippen LogP contribution in [0.4, 0.5) is 0 Å². The average molecular weight is 829 g/mol. The third-order valence-corrected chi connectivity index (χ3v) is 19.8. The molecule has 12 atom stereocenters. The molecule has 2 heterocycles. The first-order valence-electron chi connectivity index (χ1n) is 24.4. The lowest BCUT2D eigenvalue weighted by Crippen LogP contribution is -2.67. The van der Waals surface area contributed by atoms with Gasteiger partial charge in [-0.25, -0.2) is 0 Å². The summed E-state index contributed by atoms with van der Waals surface area (Å²) in [4.78, 5) is 26.1. The molecular formula is C55H72O6. The number of hydrogen-bond acceptors (Lipinski definition) is 4. The van der Waals surface area contributed by atoms with Crippen molar-refractivity contribution in [1.82, 2.24) is 0 Å². The van der Waals surface area contributed by atoms with Crippen LogP contribution >= 0.6 is 0 Å². The minimum atomic E-state index is -0.715. The molecule has 8 aliphatic rings. The molecule has 2 N–H and O–H groups in total. The smallest absolute Gasteiger partial charge is 0.309 e. The van der Waals surface area contributed by atoms with Crippen LogP contribution in [0, 0.1) is 69.0 Å². The molecule has 4 fully saturated rings. The zero-order chi connectivity index (χ0) is 43.1. The highest BCUT2D eigenvalue weighted by Gasteiger charge is 2.69. The summed E-state index contributed by atoms with van der Waals surface area (Å²) in [7, 11) is 0. The Bertz CT molecular complexity index is 2060. The van der Waals surface area contributed by atoms with Gasteiger partial charge in [0.1, 0.15) is 22.7 Å². The second kappa shape index (κ2) is 14.0. The summed E-state index contributed by atoms with van der Waals surface area (Å²) in [5.41, 5.74) is 5.65. The summed E-state index contributed by atoms with van der Waals surface area (Å²) in [5, 5.41) is 21.4. The average Bonchev–Trinajstić information content (AvgIpc) is 3.20. The van der Waals surface area contributed by atoms with Gasteiger partial charge in [-0.15, -0.1) is 0 Å². The Kier molecular flexibility index (Phi) is 9.50. The second-order valence-electron chi connectivity index (χ2n) is 23.4. The maximum atomic E-state index is 13.1. The summed E-state index contributed by atoms with van der Waals surface area (Å²) >= 11 is 0. The van der Waals surface area contributed by atoms with Crippen molar-refractivity contribution in [2.24, 2.45) is 69.0 Å². The first-order valence-corrected chi connectivity index (χ1v) is 24.4. The highest BCUT2D eigenvalue weighted by molar-refractivity contribution is 5.75. The van der Waals surface area contributed by atoms with Gasteiger partial charge in [0, 0.05) is 23.7 Å². The number of carboxylic acid groups (broad SMARTS) is 2. The highest BCUT2D eigenvalue weighted by atomic mass is 16.5. The van der Waals surface area contributed by atoms with E-state index in [4.69, 9.17) is 9.47 Å². The predicted octanol–water partition coefficient (Wildman–Crippen LogP) is 12.4. The zero-order valence-corrected chi connectivity index (χ0v) is 38.4. The molecule has 6 heteroatoms. The third kappa shape index (κ3) is 5.90. The van der Waals surface area contributed by atoms with Crippen LogP contribution in [0.25, 0.3) is 0 Å².